The number of ether oxygens (including phenoxy) is 1. The van der Waals surface area contributed by atoms with Crippen molar-refractivity contribution in [2.24, 2.45) is 11.8 Å². The molecule has 4 nitrogen and oxygen atoms in total. The highest BCUT2D eigenvalue weighted by atomic mass is 16.6. The van der Waals surface area contributed by atoms with Crippen molar-refractivity contribution in [3.05, 3.63) is 0 Å². The molecule has 2 unspecified atom stereocenters. The Labute approximate surface area is 134 Å². The molecule has 6 fully saturated rings. The van der Waals surface area contributed by atoms with Gasteiger partial charge in [0.15, 0.2) is 0 Å². The lowest BCUT2D eigenvalue weighted by Gasteiger charge is -2.59. The molecule has 4 heteroatoms. The Bertz CT molecular complexity index is 424. The van der Waals surface area contributed by atoms with Crippen LogP contribution in [-0.4, -0.2) is 60.5 Å². The van der Waals surface area contributed by atoms with Crippen molar-refractivity contribution in [3.8, 4) is 0 Å². The topological polar surface area (TPSA) is 31.0 Å². The average Bonchev–Trinajstić information content (AvgIpc) is 3.29. The summed E-state index contributed by atoms with van der Waals surface area (Å²) in [5.41, 5.74) is 0.480. The van der Waals surface area contributed by atoms with Gasteiger partial charge in [-0.3, -0.25) is 9.80 Å². The van der Waals surface area contributed by atoms with Crippen molar-refractivity contribution < 1.29 is 4.74 Å². The molecule has 0 radical (unpaired) electrons. The fourth-order valence-electron chi connectivity index (χ4n) is 5.68. The second-order valence-electron chi connectivity index (χ2n) is 8.58. The van der Waals surface area contributed by atoms with Gasteiger partial charge in [-0.25, -0.2) is 0 Å². The molecule has 2 bridgehead atoms. The van der Waals surface area contributed by atoms with Crippen molar-refractivity contribution in [1.82, 2.24) is 15.1 Å². The highest BCUT2D eigenvalue weighted by molar-refractivity contribution is 5.14. The van der Waals surface area contributed by atoms with Crippen molar-refractivity contribution in [2.45, 2.75) is 75.3 Å². The average molecular weight is 305 g/mol. The van der Waals surface area contributed by atoms with Gasteiger partial charge in [-0.05, 0) is 76.9 Å². The molecule has 124 valence electrons. The number of hydrogen-bond acceptors (Lipinski definition) is 4. The summed E-state index contributed by atoms with van der Waals surface area (Å²) in [7, 11) is 2.40. The first-order valence-corrected chi connectivity index (χ1v) is 9.61. The van der Waals surface area contributed by atoms with E-state index in [1.54, 1.807) is 0 Å². The molecular weight excluding hydrogens is 274 g/mol. The highest BCUT2D eigenvalue weighted by Gasteiger charge is 2.64. The molecule has 4 saturated heterocycles. The standard InChI is InChI=1S/C18H31N3O/c1-20-12-21(15-5-6-15)17-16(22-17)13-10-18(20,11-13)14-4-2-3-8-19-9-7-14/h13-17,19H,2-12H2,1H3/t13?,14?,16-,17?,18?/m1/s1. The van der Waals surface area contributed by atoms with Crippen LogP contribution in [0.1, 0.15) is 51.4 Å². The fourth-order valence-corrected chi connectivity index (χ4v) is 5.68. The maximum atomic E-state index is 6.11. The molecule has 0 spiro atoms. The fraction of sp³-hybridized carbons (Fsp3) is 1.00. The molecule has 1 N–H and O–H groups in total. The van der Waals surface area contributed by atoms with Crippen LogP contribution >= 0.6 is 0 Å². The van der Waals surface area contributed by atoms with Crippen LogP contribution in [0.25, 0.3) is 0 Å². The third kappa shape index (κ3) is 2.18. The minimum atomic E-state index is 0.470. The smallest absolute Gasteiger partial charge is 0.139 e. The van der Waals surface area contributed by atoms with E-state index < -0.39 is 0 Å². The molecule has 6 rings (SSSR count). The summed E-state index contributed by atoms with van der Waals surface area (Å²) in [6, 6.07) is 0.825. The zero-order valence-corrected chi connectivity index (χ0v) is 14.0. The lowest BCUT2D eigenvalue weighted by Crippen LogP contribution is -2.66. The predicted molar refractivity (Wildman–Crippen MR) is 86.4 cm³/mol. The number of rotatable bonds is 2. The Morgan fingerprint density at radius 2 is 1.91 bits per heavy atom. The van der Waals surface area contributed by atoms with Crippen LogP contribution in [-0.2, 0) is 4.74 Å². The molecule has 4 aliphatic heterocycles. The van der Waals surface area contributed by atoms with Crippen LogP contribution in [0.3, 0.4) is 0 Å². The maximum Gasteiger partial charge on any atom is 0.139 e. The van der Waals surface area contributed by atoms with Gasteiger partial charge < -0.3 is 10.1 Å². The molecule has 3 atom stereocenters. The Morgan fingerprint density at radius 3 is 2.73 bits per heavy atom. The summed E-state index contributed by atoms with van der Waals surface area (Å²) in [6.45, 7) is 3.59. The maximum absolute atomic E-state index is 6.11. The molecule has 4 heterocycles. The first kappa shape index (κ1) is 14.2. The van der Waals surface area contributed by atoms with E-state index in [1.165, 1.54) is 64.5 Å². The normalized spacial score (nSPS) is 50.0. The summed E-state index contributed by atoms with van der Waals surface area (Å²) in [5.74, 6) is 1.73. The summed E-state index contributed by atoms with van der Waals surface area (Å²) >= 11 is 0. The van der Waals surface area contributed by atoms with Crippen molar-refractivity contribution in [3.63, 3.8) is 0 Å². The van der Waals surface area contributed by atoms with Crippen LogP contribution in [0.4, 0.5) is 0 Å². The molecular formula is C18H31N3O. The van der Waals surface area contributed by atoms with E-state index in [2.05, 4.69) is 22.2 Å². The van der Waals surface area contributed by atoms with E-state index in [0.29, 0.717) is 17.9 Å². The molecule has 2 saturated carbocycles. The van der Waals surface area contributed by atoms with E-state index in [9.17, 15) is 0 Å². The van der Waals surface area contributed by atoms with Gasteiger partial charge in [-0.1, -0.05) is 6.42 Å². The number of nitrogens with zero attached hydrogens (tertiary/aromatic N) is 2. The minimum Gasteiger partial charge on any atom is -0.353 e. The Balaban J connectivity index is 1.36. The number of fused-ring (bicyclic) bond motifs is 2. The van der Waals surface area contributed by atoms with Gasteiger partial charge in [0, 0.05) is 11.6 Å². The monoisotopic (exact) mass is 305 g/mol. The highest BCUT2D eigenvalue weighted by Crippen LogP contribution is 2.57. The van der Waals surface area contributed by atoms with E-state index in [4.69, 9.17) is 4.74 Å². The van der Waals surface area contributed by atoms with Crippen LogP contribution in [0, 0.1) is 11.8 Å². The van der Waals surface area contributed by atoms with Crippen LogP contribution < -0.4 is 5.32 Å². The molecule has 0 amide bonds. The largest absolute Gasteiger partial charge is 0.353 e. The summed E-state index contributed by atoms with van der Waals surface area (Å²) < 4.78 is 6.11. The molecule has 0 aromatic carbocycles. The lowest BCUT2D eigenvalue weighted by molar-refractivity contribution is -0.102. The Morgan fingerprint density at radius 1 is 1.05 bits per heavy atom. The van der Waals surface area contributed by atoms with E-state index in [0.717, 1.165) is 24.5 Å². The zero-order chi connectivity index (χ0) is 14.7. The molecule has 6 aliphatic rings. The number of hydrogen-bond donors (Lipinski definition) is 1. The first-order valence-electron chi connectivity index (χ1n) is 9.61. The number of nitrogens with one attached hydrogen (secondary N) is 1. The SMILES string of the molecule is CN1CN(C2CC2)C2O[C@@H]2C2CC1(C1CCCCNCC1)C2. The third-order valence-corrected chi connectivity index (χ3v) is 7.26. The third-order valence-electron chi connectivity index (χ3n) is 7.26. The van der Waals surface area contributed by atoms with Gasteiger partial charge in [0.1, 0.15) is 12.3 Å². The number of epoxide rings is 1. The summed E-state index contributed by atoms with van der Waals surface area (Å²) in [6.07, 6.45) is 12.2. The molecule has 22 heavy (non-hydrogen) atoms. The van der Waals surface area contributed by atoms with Gasteiger partial charge in [-0.15, -0.1) is 0 Å². The van der Waals surface area contributed by atoms with E-state index in [-0.39, 0.29) is 0 Å². The van der Waals surface area contributed by atoms with E-state index in [1.807, 2.05) is 0 Å². The summed E-state index contributed by atoms with van der Waals surface area (Å²) in [4.78, 5) is 5.43. The Hall–Kier alpha value is -0.160. The lowest BCUT2D eigenvalue weighted by atomic mass is 9.57. The zero-order valence-electron chi connectivity index (χ0n) is 14.0. The second-order valence-corrected chi connectivity index (χ2v) is 8.58. The van der Waals surface area contributed by atoms with Crippen molar-refractivity contribution >= 4 is 0 Å². The molecule has 0 aromatic heterocycles. The molecule has 0 aromatic rings. The van der Waals surface area contributed by atoms with E-state index >= 15 is 0 Å². The van der Waals surface area contributed by atoms with Gasteiger partial charge in [0.25, 0.3) is 0 Å². The predicted octanol–water partition coefficient (Wildman–Crippen LogP) is 2.01. The summed E-state index contributed by atoms with van der Waals surface area (Å²) in [5, 5.41) is 3.63. The van der Waals surface area contributed by atoms with Gasteiger partial charge in [-0.2, -0.15) is 0 Å². The van der Waals surface area contributed by atoms with Crippen molar-refractivity contribution in [1.29, 1.82) is 0 Å². The van der Waals surface area contributed by atoms with Gasteiger partial charge >= 0.3 is 0 Å². The molecule has 2 aliphatic carbocycles. The Kier molecular flexibility index (Phi) is 3.34. The van der Waals surface area contributed by atoms with Crippen molar-refractivity contribution in [2.75, 3.05) is 26.8 Å². The van der Waals surface area contributed by atoms with Crippen LogP contribution in [0.15, 0.2) is 0 Å². The van der Waals surface area contributed by atoms with Crippen LogP contribution in [0.5, 0.6) is 0 Å². The van der Waals surface area contributed by atoms with Gasteiger partial charge in [0.2, 0.25) is 0 Å². The minimum absolute atomic E-state index is 0.470. The quantitative estimate of drug-likeness (QED) is 0.791. The first-order chi connectivity index (χ1) is 10.8. The second kappa shape index (κ2) is 5.17. The van der Waals surface area contributed by atoms with Gasteiger partial charge in [0.05, 0.1) is 6.67 Å². The van der Waals surface area contributed by atoms with Crippen LogP contribution in [0.2, 0.25) is 0 Å².